The van der Waals surface area contributed by atoms with Gasteiger partial charge in [0.1, 0.15) is 12.4 Å². The molecule has 29 heavy (non-hydrogen) atoms. The van der Waals surface area contributed by atoms with Crippen molar-refractivity contribution < 1.29 is 29.3 Å². The van der Waals surface area contributed by atoms with Gasteiger partial charge in [0.05, 0.1) is 13.2 Å². The Hall–Kier alpha value is -2.12. The fourth-order valence-electron chi connectivity index (χ4n) is 3.00. The van der Waals surface area contributed by atoms with Gasteiger partial charge in [0.25, 0.3) is 0 Å². The average Bonchev–Trinajstić information content (AvgIpc) is 2.66. The number of carboxylic acid groups (broad SMARTS) is 2. The van der Waals surface area contributed by atoms with E-state index in [1.807, 2.05) is 6.07 Å². The quantitative estimate of drug-likeness (QED) is 0.527. The van der Waals surface area contributed by atoms with Crippen LogP contribution < -0.4 is 4.74 Å². The lowest BCUT2D eigenvalue weighted by Crippen LogP contribution is -2.35. The SMILES string of the molecule is CC1CCN(CCOCCOc2ccccc2C(C)(C)C)CC1.O=C(O)C(=O)O. The van der Waals surface area contributed by atoms with E-state index in [0.717, 1.165) is 24.8 Å². The van der Waals surface area contributed by atoms with E-state index in [4.69, 9.17) is 29.3 Å². The number of benzene rings is 1. The first-order valence-electron chi connectivity index (χ1n) is 10.1. The zero-order chi connectivity index (χ0) is 21.9. The number of ether oxygens (including phenoxy) is 2. The van der Waals surface area contributed by atoms with Gasteiger partial charge in [0, 0.05) is 6.54 Å². The smallest absolute Gasteiger partial charge is 0.414 e. The van der Waals surface area contributed by atoms with Crippen LogP contribution in [0.15, 0.2) is 24.3 Å². The molecule has 0 amide bonds. The first-order valence-corrected chi connectivity index (χ1v) is 10.1. The maximum Gasteiger partial charge on any atom is 0.414 e. The molecule has 0 radical (unpaired) electrons. The van der Waals surface area contributed by atoms with Crippen molar-refractivity contribution in [1.82, 2.24) is 4.90 Å². The molecule has 1 aliphatic rings. The molecule has 7 heteroatoms. The lowest BCUT2D eigenvalue weighted by Gasteiger charge is -2.29. The number of aliphatic carboxylic acids is 2. The van der Waals surface area contributed by atoms with Gasteiger partial charge in [-0.2, -0.15) is 0 Å². The number of hydrogen-bond donors (Lipinski definition) is 2. The fraction of sp³-hybridized carbons (Fsp3) is 0.636. The molecule has 1 aliphatic heterocycles. The molecule has 1 aromatic rings. The zero-order valence-electron chi connectivity index (χ0n) is 18.0. The van der Waals surface area contributed by atoms with Crippen molar-refractivity contribution in [1.29, 1.82) is 0 Å². The summed E-state index contributed by atoms with van der Waals surface area (Å²) in [5, 5.41) is 14.8. The van der Waals surface area contributed by atoms with Gasteiger partial charge >= 0.3 is 11.9 Å². The van der Waals surface area contributed by atoms with Crippen LogP contribution in [0, 0.1) is 5.92 Å². The van der Waals surface area contributed by atoms with Gasteiger partial charge in [-0.15, -0.1) is 0 Å². The van der Waals surface area contributed by atoms with Gasteiger partial charge in [-0.3, -0.25) is 0 Å². The Bertz CT molecular complexity index is 620. The second-order valence-corrected chi connectivity index (χ2v) is 8.34. The summed E-state index contributed by atoms with van der Waals surface area (Å²) >= 11 is 0. The Morgan fingerprint density at radius 3 is 2.17 bits per heavy atom. The van der Waals surface area contributed by atoms with Gasteiger partial charge in [-0.05, 0) is 48.9 Å². The molecule has 1 aromatic carbocycles. The van der Waals surface area contributed by atoms with E-state index in [1.54, 1.807) is 0 Å². The third-order valence-corrected chi connectivity index (χ3v) is 4.79. The number of piperidine rings is 1. The summed E-state index contributed by atoms with van der Waals surface area (Å²) in [4.78, 5) is 20.7. The molecule has 0 aromatic heterocycles. The molecule has 0 bridgehead atoms. The van der Waals surface area contributed by atoms with Crippen LogP contribution in [0.3, 0.4) is 0 Å². The van der Waals surface area contributed by atoms with E-state index in [1.165, 1.54) is 31.5 Å². The summed E-state index contributed by atoms with van der Waals surface area (Å²) in [6.45, 7) is 14.6. The number of nitrogens with zero attached hydrogens (tertiary/aromatic N) is 1. The molecule has 0 atom stereocenters. The average molecular weight is 410 g/mol. The Morgan fingerprint density at radius 1 is 1.03 bits per heavy atom. The predicted octanol–water partition coefficient (Wildman–Crippen LogP) is 3.27. The van der Waals surface area contributed by atoms with E-state index in [-0.39, 0.29) is 5.41 Å². The maximum absolute atomic E-state index is 9.10. The van der Waals surface area contributed by atoms with Crippen LogP contribution in [0.5, 0.6) is 5.75 Å². The monoisotopic (exact) mass is 409 g/mol. The lowest BCUT2D eigenvalue weighted by molar-refractivity contribution is -0.159. The molecule has 0 saturated carbocycles. The third kappa shape index (κ3) is 10.3. The van der Waals surface area contributed by atoms with E-state index in [0.29, 0.717) is 13.2 Å². The van der Waals surface area contributed by atoms with Crippen LogP contribution in [0.1, 0.15) is 46.1 Å². The molecule has 0 unspecified atom stereocenters. The minimum absolute atomic E-state index is 0.100. The molecule has 7 nitrogen and oxygen atoms in total. The van der Waals surface area contributed by atoms with Gasteiger partial charge in [0.15, 0.2) is 0 Å². The van der Waals surface area contributed by atoms with E-state index in [2.05, 4.69) is 50.8 Å². The summed E-state index contributed by atoms with van der Waals surface area (Å²) in [7, 11) is 0. The van der Waals surface area contributed by atoms with Crippen molar-refractivity contribution in [3.05, 3.63) is 29.8 Å². The largest absolute Gasteiger partial charge is 0.491 e. The molecule has 0 spiro atoms. The highest BCUT2D eigenvalue weighted by Gasteiger charge is 2.18. The van der Waals surface area contributed by atoms with Crippen LogP contribution in [0.4, 0.5) is 0 Å². The second-order valence-electron chi connectivity index (χ2n) is 8.34. The highest BCUT2D eigenvalue weighted by molar-refractivity contribution is 6.27. The van der Waals surface area contributed by atoms with Crippen LogP contribution in [-0.4, -0.2) is 66.5 Å². The number of carbonyl (C=O) groups is 2. The van der Waals surface area contributed by atoms with Crippen molar-refractivity contribution in [2.45, 2.75) is 46.0 Å². The minimum Gasteiger partial charge on any atom is -0.491 e. The highest BCUT2D eigenvalue weighted by atomic mass is 16.5. The van der Waals surface area contributed by atoms with Crippen LogP contribution >= 0.6 is 0 Å². The van der Waals surface area contributed by atoms with E-state index < -0.39 is 11.9 Å². The Balaban J connectivity index is 0.000000612. The Kier molecular flexibility index (Phi) is 10.7. The normalized spacial score (nSPS) is 15.3. The Morgan fingerprint density at radius 2 is 1.62 bits per heavy atom. The van der Waals surface area contributed by atoms with Gasteiger partial charge < -0.3 is 24.6 Å². The number of carboxylic acids is 2. The summed E-state index contributed by atoms with van der Waals surface area (Å²) in [6.07, 6.45) is 2.65. The third-order valence-electron chi connectivity index (χ3n) is 4.79. The molecule has 164 valence electrons. The highest BCUT2D eigenvalue weighted by Crippen LogP contribution is 2.30. The number of rotatable bonds is 7. The van der Waals surface area contributed by atoms with E-state index >= 15 is 0 Å². The van der Waals surface area contributed by atoms with Gasteiger partial charge in [0.2, 0.25) is 0 Å². The van der Waals surface area contributed by atoms with Crippen LogP contribution in [0.2, 0.25) is 0 Å². The standard InChI is InChI=1S/C20H33NO2.C2H2O4/c1-17-9-11-21(12-10-17)13-14-22-15-16-23-19-8-6-5-7-18(19)20(2,3)4;3-1(4)2(5)6/h5-8,17H,9-16H2,1-4H3;(H,3,4)(H,5,6). The van der Waals surface area contributed by atoms with Crippen molar-refractivity contribution in [2.75, 3.05) is 39.5 Å². The molecular formula is C22H35NO6. The van der Waals surface area contributed by atoms with Gasteiger partial charge in [-0.1, -0.05) is 45.9 Å². The van der Waals surface area contributed by atoms with Crippen molar-refractivity contribution in [2.24, 2.45) is 5.92 Å². The van der Waals surface area contributed by atoms with Gasteiger partial charge in [-0.25, -0.2) is 9.59 Å². The molecule has 1 heterocycles. The summed E-state index contributed by atoms with van der Waals surface area (Å²) < 4.78 is 11.7. The molecule has 2 N–H and O–H groups in total. The zero-order valence-corrected chi connectivity index (χ0v) is 18.0. The minimum atomic E-state index is -1.82. The van der Waals surface area contributed by atoms with Crippen molar-refractivity contribution >= 4 is 11.9 Å². The molecule has 1 fully saturated rings. The number of likely N-dealkylation sites (tertiary alicyclic amines) is 1. The first-order chi connectivity index (χ1) is 13.6. The van der Waals surface area contributed by atoms with Crippen molar-refractivity contribution in [3.63, 3.8) is 0 Å². The topological polar surface area (TPSA) is 96.3 Å². The van der Waals surface area contributed by atoms with Crippen LogP contribution in [-0.2, 0) is 19.7 Å². The number of para-hydroxylation sites is 1. The van der Waals surface area contributed by atoms with Crippen molar-refractivity contribution in [3.8, 4) is 5.75 Å². The van der Waals surface area contributed by atoms with E-state index in [9.17, 15) is 0 Å². The number of hydrogen-bond acceptors (Lipinski definition) is 5. The summed E-state index contributed by atoms with van der Waals surface area (Å²) in [6, 6.07) is 8.30. The lowest BCUT2D eigenvalue weighted by atomic mass is 9.86. The second kappa shape index (κ2) is 12.4. The Labute approximate surface area is 173 Å². The summed E-state index contributed by atoms with van der Waals surface area (Å²) in [5.74, 6) is -1.78. The molecule has 0 aliphatic carbocycles. The van der Waals surface area contributed by atoms with Crippen LogP contribution in [0.25, 0.3) is 0 Å². The molecular weight excluding hydrogens is 374 g/mol. The molecule has 1 saturated heterocycles. The maximum atomic E-state index is 9.10. The first kappa shape index (κ1) is 24.9. The summed E-state index contributed by atoms with van der Waals surface area (Å²) in [5.41, 5.74) is 1.35. The fourth-order valence-corrected chi connectivity index (χ4v) is 3.00. The predicted molar refractivity (Wildman–Crippen MR) is 112 cm³/mol. The molecule has 2 rings (SSSR count).